The maximum atomic E-state index is 12.2. The third-order valence-electron chi connectivity index (χ3n) is 2.33. The number of nitrogens with one attached hydrogen (secondary N) is 1. The van der Waals surface area contributed by atoms with Gasteiger partial charge in [0.2, 0.25) is 15.9 Å². The molecule has 0 bridgehead atoms. The van der Waals surface area contributed by atoms with Crippen LogP contribution in [0.4, 0.5) is 5.69 Å². The Bertz CT molecular complexity index is 680. The molecule has 20 heavy (non-hydrogen) atoms. The van der Waals surface area contributed by atoms with Gasteiger partial charge in [0, 0.05) is 27.6 Å². The number of nitrogens with two attached hydrogens (primary N) is 1. The molecular formula is C10H10Br2N4O3S. The summed E-state index contributed by atoms with van der Waals surface area (Å²) >= 11 is 6.39. The number of rotatable bonds is 5. The summed E-state index contributed by atoms with van der Waals surface area (Å²) in [5.41, 5.74) is 6.09. The number of hydrogen-bond acceptors (Lipinski definition) is 6. The number of aromatic nitrogens is 2. The Kier molecular flexibility index (Phi) is 4.78. The van der Waals surface area contributed by atoms with E-state index < -0.39 is 10.0 Å². The number of anilines is 1. The van der Waals surface area contributed by atoms with Crippen molar-refractivity contribution in [3.63, 3.8) is 0 Å². The molecule has 1 aromatic carbocycles. The molecule has 10 heteroatoms. The summed E-state index contributed by atoms with van der Waals surface area (Å²) in [7, 11) is -3.68. The molecule has 0 aliphatic carbocycles. The van der Waals surface area contributed by atoms with Crippen molar-refractivity contribution in [2.24, 2.45) is 0 Å². The summed E-state index contributed by atoms with van der Waals surface area (Å²) in [6, 6.07) is 3.05. The Balaban J connectivity index is 2.14. The fraction of sp³-hybridized carbons (Fsp3) is 0.200. The summed E-state index contributed by atoms with van der Waals surface area (Å²) in [6.45, 7) is 0.147. The van der Waals surface area contributed by atoms with Crippen molar-refractivity contribution in [2.75, 3.05) is 12.3 Å². The van der Waals surface area contributed by atoms with Crippen molar-refractivity contribution in [3.8, 4) is 0 Å². The molecule has 0 radical (unpaired) electrons. The van der Waals surface area contributed by atoms with Crippen LogP contribution in [-0.4, -0.2) is 25.1 Å². The van der Waals surface area contributed by atoms with Gasteiger partial charge < -0.3 is 10.3 Å². The van der Waals surface area contributed by atoms with Crippen molar-refractivity contribution < 1.29 is 12.9 Å². The maximum Gasteiger partial charge on any atom is 0.242 e. The van der Waals surface area contributed by atoms with Crippen LogP contribution in [-0.2, 0) is 16.4 Å². The second-order valence-electron chi connectivity index (χ2n) is 3.80. The molecule has 0 saturated heterocycles. The van der Waals surface area contributed by atoms with E-state index in [0.717, 1.165) is 0 Å². The molecule has 3 N–H and O–H groups in total. The molecule has 108 valence electrons. The molecule has 0 fully saturated rings. The lowest BCUT2D eigenvalue weighted by Gasteiger charge is -2.10. The first-order chi connectivity index (χ1) is 9.40. The van der Waals surface area contributed by atoms with Gasteiger partial charge in [0.05, 0.1) is 0 Å². The molecule has 0 unspecified atom stereocenters. The van der Waals surface area contributed by atoms with Crippen LogP contribution in [0, 0.1) is 0 Å². The molecule has 7 nitrogen and oxygen atoms in total. The van der Waals surface area contributed by atoms with Crippen LogP contribution in [0.5, 0.6) is 0 Å². The molecule has 0 saturated carbocycles. The van der Waals surface area contributed by atoms with E-state index in [0.29, 0.717) is 26.9 Å². The molecule has 0 aliphatic heterocycles. The molecule has 1 heterocycles. The number of sulfonamides is 1. The van der Waals surface area contributed by atoms with Gasteiger partial charge in [-0.3, -0.25) is 0 Å². The lowest BCUT2D eigenvalue weighted by Crippen LogP contribution is -2.26. The number of benzene rings is 1. The quantitative estimate of drug-likeness (QED) is 0.705. The Morgan fingerprint density at radius 2 is 1.95 bits per heavy atom. The van der Waals surface area contributed by atoms with Crippen molar-refractivity contribution in [1.29, 1.82) is 0 Å². The van der Waals surface area contributed by atoms with Crippen LogP contribution in [0.2, 0.25) is 0 Å². The Labute approximate surface area is 132 Å². The van der Waals surface area contributed by atoms with Crippen LogP contribution in [0.15, 0.2) is 36.8 Å². The van der Waals surface area contributed by atoms with Crippen LogP contribution in [0.3, 0.4) is 0 Å². The van der Waals surface area contributed by atoms with Gasteiger partial charge in [-0.15, -0.1) is 0 Å². The summed E-state index contributed by atoms with van der Waals surface area (Å²) in [5, 5.41) is 3.44. The van der Waals surface area contributed by atoms with Crippen LogP contribution in [0.25, 0.3) is 0 Å². The van der Waals surface area contributed by atoms with Crippen molar-refractivity contribution in [2.45, 2.75) is 11.3 Å². The molecular weight excluding hydrogens is 416 g/mol. The van der Waals surface area contributed by atoms with Gasteiger partial charge >= 0.3 is 0 Å². The average Bonchev–Trinajstić information content (AvgIpc) is 2.79. The predicted molar refractivity (Wildman–Crippen MR) is 79.4 cm³/mol. The first kappa shape index (κ1) is 15.4. The van der Waals surface area contributed by atoms with Crippen molar-refractivity contribution >= 4 is 47.6 Å². The lowest BCUT2D eigenvalue weighted by atomic mass is 10.3. The minimum Gasteiger partial charge on any atom is -0.399 e. The normalized spacial score (nSPS) is 11.7. The number of halogens is 2. The molecule has 0 spiro atoms. The largest absolute Gasteiger partial charge is 0.399 e. The molecule has 2 rings (SSSR count). The number of nitrogen functional groups attached to an aromatic ring is 1. The summed E-state index contributed by atoms with van der Waals surface area (Å²) in [5.74, 6) is 0.364. The van der Waals surface area contributed by atoms with Gasteiger partial charge in [0.25, 0.3) is 0 Å². The molecule has 0 amide bonds. The minimum absolute atomic E-state index is 0.0947. The van der Waals surface area contributed by atoms with E-state index in [4.69, 9.17) is 10.3 Å². The highest BCUT2D eigenvalue weighted by molar-refractivity contribution is 9.11. The van der Waals surface area contributed by atoms with Crippen LogP contribution in [0.1, 0.15) is 5.89 Å². The van der Waals surface area contributed by atoms with E-state index >= 15 is 0 Å². The first-order valence-electron chi connectivity index (χ1n) is 5.40. The standard InChI is InChI=1S/C10H10Br2N4O3S/c11-7-3-6(13)4-8(12)10(7)20(17,18)16-2-1-9-14-5-15-19-9/h3-5,16H,1-2,13H2. The summed E-state index contributed by atoms with van der Waals surface area (Å²) < 4.78 is 32.5. The van der Waals surface area contributed by atoms with Gasteiger partial charge in [-0.25, -0.2) is 13.1 Å². The Morgan fingerprint density at radius 1 is 1.30 bits per heavy atom. The first-order valence-corrected chi connectivity index (χ1v) is 8.47. The van der Waals surface area contributed by atoms with Crippen LogP contribution < -0.4 is 10.5 Å². The van der Waals surface area contributed by atoms with Gasteiger partial charge in [0.15, 0.2) is 6.33 Å². The minimum atomic E-state index is -3.68. The van der Waals surface area contributed by atoms with Gasteiger partial charge in [0.1, 0.15) is 4.90 Å². The zero-order chi connectivity index (χ0) is 14.8. The highest BCUT2D eigenvalue weighted by Crippen LogP contribution is 2.32. The number of hydrogen-bond donors (Lipinski definition) is 2. The predicted octanol–water partition coefficient (Wildman–Crippen LogP) is 1.70. The number of nitrogens with zero attached hydrogens (tertiary/aromatic N) is 2. The smallest absolute Gasteiger partial charge is 0.242 e. The van der Waals surface area contributed by atoms with E-state index in [1.165, 1.54) is 18.5 Å². The van der Waals surface area contributed by atoms with E-state index in [9.17, 15) is 8.42 Å². The molecule has 0 aliphatic rings. The highest BCUT2D eigenvalue weighted by Gasteiger charge is 2.21. The Hall–Kier alpha value is -0.970. The summed E-state index contributed by atoms with van der Waals surface area (Å²) in [4.78, 5) is 3.90. The Morgan fingerprint density at radius 3 is 2.50 bits per heavy atom. The monoisotopic (exact) mass is 424 g/mol. The van der Waals surface area contributed by atoms with E-state index in [2.05, 4.69) is 46.7 Å². The van der Waals surface area contributed by atoms with Crippen molar-refractivity contribution in [3.05, 3.63) is 33.3 Å². The van der Waals surface area contributed by atoms with E-state index in [-0.39, 0.29) is 11.4 Å². The van der Waals surface area contributed by atoms with Crippen molar-refractivity contribution in [1.82, 2.24) is 14.9 Å². The fourth-order valence-electron chi connectivity index (χ4n) is 1.51. The average molecular weight is 426 g/mol. The van der Waals surface area contributed by atoms with Gasteiger partial charge in [-0.1, -0.05) is 5.16 Å². The fourth-order valence-corrected chi connectivity index (χ4v) is 5.15. The zero-order valence-corrected chi connectivity index (χ0v) is 14.0. The lowest BCUT2D eigenvalue weighted by molar-refractivity contribution is 0.377. The second-order valence-corrected chi connectivity index (χ2v) is 7.21. The van der Waals surface area contributed by atoms with Gasteiger partial charge in [-0.2, -0.15) is 4.98 Å². The highest BCUT2D eigenvalue weighted by atomic mass is 79.9. The topological polar surface area (TPSA) is 111 Å². The SMILES string of the molecule is Nc1cc(Br)c(S(=O)(=O)NCCc2ncno2)c(Br)c1. The zero-order valence-electron chi connectivity index (χ0n) is 10.0. The molecule has 0 atom stereocenters. The van der Waals surface area contributed by atoms with Crippen LogP contribution >= 0.6 is 31.9 Å². The van der Waals surface area contributed by atoms with E-state index in [1.807, 2.05) is 0 Å². The molecule has 2 aromatic rings. The molecule has 1 aromatic heterocycles. The third kappa shape index (κ3) is 3.57. The summed E-state index contributed by atoms with van der Waals surface area (Å²) in [6.07, 6.45) is 1.57. The third-order valence-corrected chi connectivity index (χ3v) is 5.66. The van der Waals surface area contributed by atoms with E-state index in [1.54, 1.807) is 0 Å². The van der Waals surface area contributed by atoms with Gasteiger partial charge in [-0.05, 0) is 44.0 Å². The maximum absolute atomic E-state index is 12.2. The second kappa shape index (κ2) is 6.20.